The molecular formula is C16H21N3O. The van der Waals surface area contributed by atoms with Gasteiger partial charge < -0.3 is 10.6 Å². The molecule has 1 amide bonds. The van der Waals surface area contributed by atoms with Crippen LogP contribution >= 0.6 is 0 Å². The van der Waals surface area contributed by atoms with Gasteiger partial charge in [-0.05, 0) is 43.6 Å². The first kappa shape index (κ1) is 13.2. The lowest BCUT2D eigenvalue weighted by molar-refractivity contribution is 0.1000. The third-order valence-electron chi connectivity index (χ3n) is 4.62. The number of amides is 1. The lowest BCUT2D eigenvalue weighted by Gasteiger charge is -2.45. The van der Waals surface area contributed by atoms with Crippen LogP contribution in [-0.2, 0) is 0 Å². The van der Waals surface area contributed by atoms with Crippen LogP contribution in [0, 0.1) is 5.41 Å². The van der Waals surface area contributed by atoms with Gasteiger partial charge >= 0.3 is 0 Å². The molecule has 0 saturated carbocycles. The number of primary amides is 1. The average Bonchev–Trinajstić information content (AvgIpc) is 2.48. The number of carbonyl (C=O) groups is 1. The largest absolute Gasteiger partial charge is 0.370 e. The average molecular weight is 271 g/mol. The lowest BCUT2D eigenvalue weighted by Crippen LogP contribution is -2.44. The number of nitrogens with two attached hydrogens (primary N) is 1. The highest BCUT2D eigenvalue weighted by atomic mass is 16.1. The second kappa shape index (κ2) is 5.27. The number of allylic oxidation sites excluding steroid dienone is 2. The minimum Gasteiger partial charge on any atom is -0.370 e. The molecule has 1 aliphatic heterocycles. The van der Waals surface area contributed by atoms with Gasteiger partial charge in [-0.25, -0.2) is 0 Å². The predicted octanol–water partition coefficient (Wildman–Crippen LogP) is 2.51. The summed E-state index contributed by atoms with van der Waals surface area (Å²) in [6, 6.07) is 1.91. The first-order chi connectivity index (χ1) is 9.70. The molecule has 4 nitrogen and oxygen atoms in total. The summed E-state index contributed by atoms with van der Waals surface area (Å²) in [6.07, 6.45) is 14.0. The van der Waals surface area contributed by atoms with Crippen molar-refractivity contribution in [2.75, 3.05) is 18.0 Å². The SMILES string of the molecule is NC(=O)c1cnccc1N1CCCC2(CC=CCC2)C1. The Labute approximate surface area is 119 Å². The number of carbonyl (C=O) groups excluding carboxylic acids is 1. The number of nitrogens with zero attached hydrogens (tertiary/aromatic N) is 2. The van der Waals surface area contributed by atoms with Gasteiger partial charge in [-0.15, -0.1) is 0 Å². The summed E-state index contributed by atoms with van der Waals surface area (Å²) < 4.78 is 0. The molecule has 1 aromatic rings. The maximum absolute atomic E-state index is 11.6. The molecule has 1 aromatic heterocycles. The smallest absolute Gasteiger partial charge is 0.252 e. The highest BCUT2D eigenvalue weighted by Gasteiger charge is 2.35. The van der Waals surface area contributed by atoms with Crippen molar-refractivity contribution in [3.05, 3.63) is 36.2 Å². The Morgan fingerprint density at radius 1 is 1.35 bits per heavy atom. The van der Waals surface area contributed by atoms with E-state index in [0.717, 1.165) is 25.2 Å². The molecule has 4 heteroatoms. The fourth-order valence-corrected chi connectivity index (χ4v) is 3.58. The van der Waals surface area contributed by atoms with E-state index in [0.29, 0.717) is 11.0 Å². The summed E-state index contributed by atoms with van der Waals surface area (Å²) in [5.74, 6) is -0.392. The van der Waals surface area contributed by atoms with Gasteiger partial charge in [0.25, 0.3) is 5.91 Å². The summed E-state index contributed by atoms with van der Waals surface area (Å²) in [6.45, 7) is 2.01. The van der Waals surface area contributed by atoms with E-state index in [4.69, 9.17) is 5.73 Å². The number of aromatic nitrogens is 1. The third-order valence-corrected chi connectivity index (χ3v) is 4.62. The molecule has 1 saturated heterocycles. The standard InChI is InChI=1S/C16H21N3O/c17-15(20)13-11-18-9-5-14(13)19-10-4-8-16(12-19)6-2-1-3-7-16/h1-2,5,9,11H,3-4,6-8,10,12H2,(H2,17,20). The fourth-order valence-electron chi connectivity index (χ4n) is 3.58. The summed E-state index contributed by atoms with van der Waals surface area (Å²) in [4.78, 5) is 17.9. The summed E-state index contributed by atoms with van der Waals surface area (Å²) >= 11 is 0. The Hall–Kier alpha value is -1.84. The first-order valence-corrected chi connectivity index (χ1v) is 7.34. The normalized spacial score (nSPS) is 25.9. The van der Waals surface area contributed by atoms with Crippen LogP contribution < -0.4 is 10.6 Å². The molecule has 1 fully saturated rings. The van der Waals surface area contributed by atoms with Crippen LogP contribution in [0.4, 0.5) is 5.69 Å². The number of hydrogen-bond acceptors (Lipinski definition) is 3. The zero-order valence-electron chi connectivity index (χ0n) is 11.7. The number of anilines is 1. The zero-order valence-corrected chi connectivity index (χ0v) is 11.7. The van der Waals surface area contributed by atoms with Gasteiger partial charge in [0.2, 0.25) is 0 Å². The fraction of sp³-hybridized carbons (Fsp3) is 0.500. The first-order valence-electron chi connectivity index (χ1n) is 7.34. The molecule has 2 aliphatic rings. The second-order valence-corrected chi connectivity index (χ2v) is 6.00. The van der Waals surface area contributed by atoms with Gasteiger partial charge in [-0.2, -0.15) is 0 Å². The molecule has 1 aliphatic carbocycles. The van der Waals surface area contributed by atoms with Crippen molar-refractivity contribution >= 4 is 11.6 Å². The van der Waals surface area contributed by atoms with Crippen LogP contribution in [0.25, 0.3) is 0 Å². The van der Waals surface area contributed by atoms with Crippen LogP contribution in [0.5, 0.6) is 0 Å². The van der Waals surface area contributed by atoms with Crippen molar-refractivity contribution in [2.45, 2.75) is 32.1 Å². The van der Waals surface area contributed by atoms with Crippen molar-refractivity contribution in [3.8, 4) is 0 Å². The van der Waals surface area contributed by atoms with E-state index in [2.05, 4.69) is 22.0 Å². The molecule has 1 unspecified atom stereocenters. The maximum atomic E-state index is 11.6. The van der Waals surface area contributed by atoms with E-state index in [9.17, 15) is 4.79 Å². The monoisotopic (exact) mass is 271 g/mol. The highest BCUT2D eigenvalue weighted by Crippen LogP contribution is 2.42. The van der Waals surface area contributed by atoms with Gasteiger partial charge in [0.1, 0.15) is 0 Å². The molecule has 0 aromatic carbocycles. The highest BCUT2D eigenvalue weighted by molar-refractivity contribution is 5.98. The molecule has 106 valence electrons. The second-order valence-electron chi connectivity index (χ2n) is 6.00. The topological polar surface area (TPSA) is 59.2 Å². The maximum Gasteiger partial charge on any atom is 0.252 e. The van der Waals surface area contributed by atoms with Gasteiger partial charge in [-0.1, -0.05) is 12.2 Å². The number of hydrogen-bond donors (Lipinski definition) is 1. The van der Waals surface area contributed by atoms with Crippen molar-refractivity contribution in [2.24, 2.45) is 11.1 Å². The Kier molecular flexibility index (Phi) is 3.47. The quantitative estimate of drug-likeness (QED) is 0.841. The summed E-state index contributed by atoms with van der Waals surface area (Å²) in [7, 11) is 0. The minimum atomic E-state index is -0.392. The Morgan fingerprint density at radius 3 is 3.00 bits per heavy atom. The molecule has 0 bridgehead atoms. The zero-order chi connectivity index (χ0) is 14.0. The number of piperidine rings is 1. The van der Waals surface area contributed by atoms with Gasteiger partial charge in [-0.3, -0.25) is 9.78 Å². The van der Waals surface area contributed by atoms with Crippen LogP contribution in [0.2, 0.25) is 0 Å². The van der Waals surface area contributed by atoms with Crippen LogP contribution in [0.1, 0.15) is 42.5 Å². The number of rotatable bonds is 2. The summed E-state index contributed by atoms with van der Waals surface area (Å²) in [5, 5.41) is 0. The molecule has 1 atom stereocenters. The molecule has 3 rings (SSSR count). The van der Waals surface area contributed by atoms with Crippen molar-refractivity contribution in [1.29, 1.82) is 0 Å². The Balaban J connectivity index is 1.87. The molecule has 0 radical (unpaired) electrons. The van der Waals surface area contributed by atoms with E-state index in [1.807, 2.05) is 6.07 Å². The molecule has 2 heterocycles. The van der Waals surface area contributed by atoms with E-state index in [-0.39, 0.29) is 0 Å². The third kappa shape index (κ3) is 2.42. The molecule has 1 spiro atoms. The van der Waals surface area contributed by atoms with Crippen molar-refractivity contribution in [3.63, 3.8) is 0 Å². The van der Waals surface area contributed by atoms with Gasteiger partial charge in [0.05, 0.1) is 11.3 Å². The lowest BCUT2D eigenvalue weighted by atomic mass is 9.71. The van der Waals surface area contributed by atoms with E-state index >= 15 is 0 Å². The van der Waals surface area contributed by atoms with Crippen LogP contribution in [0.3, 0.4) is 0 Å². The molecular weight excluding hydrogens is 250 g/mol. The summed E-state index contributed by atoms with van der Waals surface area (Å²) in [5.41, 5.74) is 7.34. The van der Waals surface area contributed by atoms with E-state index < -0.39 is 5.91 Å². The van der Waals surface area contributed by atoms with Gasteiger partial charge in [0.15, 0.2) is 0 Å². The van der Waals surface area contributed by atoms with E-state index in [1.165, 1.54) is 25.7 Å². The van der Waals surface area contributed by atoms with Crippen LogP contribution in [0.15, 0.2) is 30.6 Å². The van der Waals surface area contributed by atoms with E-state index in [1.54, 1.807) is 12.4 Å². The predicted molar refractivity (Wildman–Crippen MR) is 79.6 cm³/mol. The minimum absolute atomic E-state index is 0.380. The molecule has 2 N–H and O–H groups in total. The van der Waals surface area contributed by atoms with Crippen molar-refractivity contribution in [1.82, 2.24) is 4.98 Å². The van der Waals surface area contributed by atoms with Crippen LogP contribution in [-0.4, -0.2) is 24.0 Å². The Bertz CT molecular complexity index is 540. The number of pyridine rings is 1. The Morgan fingerprint density at radius 2 is 2.25 bits per heavy atom. The molecule has 20 heavy (non-hydrogen) atoms. The van der Waals surface area contributed by atoms with Gasteiger partial charge in [0, 0.05) is 25.5 Å². The van der Waals surface area contributed by atoms with Crippen molar-refractivity contribution < 1.29 is 4.79 Å².